The summed E-state index contributed by atoms with van der Waals surface area (Å²) < 4.78 is 13.6. The second-order valence-electron chi connectivity index (χ2n) is 3.69. The van der Waals surface area contributed by atoms with E-state index in [0.29, 0.717) is 0 Å². The molecule has 6 nitrogen and oxygen atoms in total. The number of hydrogen-bond donors (Lipinski definition) is 0. The van der Waals surface area contributed by atoms with E-state index in [9.17, 15) is 14.4 Å². The first-order chi connectivity index (χ1) is 7.51. The van der Waals surface area contributed by atoms with Gasteiger partial charge in [0.2, 0.25) is 0 Å². The third kappa shape index (κ3) is 1.75. The molecule has 0 aromatic rings. The van der Waals surface area contributed by atoms with Crippen molar-refractivity contribution in [1.82, 2.24) is 0 Å². The molecule has 0 aromatic heterocycles. The van der Waals surface area contributed by atoms with E-state index in [-0.39, 0.29) is 12.8 Å². The predicted molar refractivity (Wildman–Crippen MR) is 51.2 cm³/mol. The lowest BCUT2D eigenvalue weighted by molar-refractivity contribution is -0.184. The lowest BCUT2D eigenvalue weighted by Crippen LogP contribution is -2.53. The van der Waals surface area contributed by atoms with Crippen molar-refractivity contribution in [2.45, 2.75) is 12.8 Å². The number of carbonyl (C=O) groups excluding carboxylic acids is 3. The summed E-state index contributed by atoms with van der Waals surface area (Å²) in [6.07, 6.45) is 0.165. The van der Waals surface area contributed by atoms with Crippen LogP contribution >= 0.6 is 0 Å². The molecule has 1 aliphatic carbocycles. The van der Waals surface area contributed by atoms with Crippen LogP contribution in [0.25, 0.3) is 0 Å². The molecule has 6 heteroatoms. The Morgan fingerprint density at radius 1 is 0.938 bits per heavy atom. The summed E-state index contributed by atoms with van der Waals surface area (Å²) in [5.41, 5.74) is -1.33. The number of methoxy groups -OCH3 is 3. The van der Waals surface area contributed by atoms with Gasteiger partial charge in [-0.25, -0.2) is 0 Å². The van der Waals surface area contributed by atoms with E-state index in [4.69, 9.17) is 0 Å². The van der Waals surface area contributed by atoms with Gasteiger partial charge in [-0.3, -0.25) is 14.4 Å². The third-order valence-corrected chi connectivity index (χ3v) is 2.88. The Kier molecular flexibility index (Phi) is 3.51. The van der Waals surface area contributed by atoms with Crippen molar-refractivity contribution in [3.8, 4) is 0 Å². The van der Waals surface area contributed by atoms with Gasteiger partial charge in [-0.15, -0.1) is 0 Å². The van der Waals surface area contributed by atoms with Crippen molar-refractivity contribution >= 4 is 17.9 Å². The first-order valence-corrected chi connectivity index (χ1v) is 4.76. The molecule has 0 bridgehead atoms. The molecule has 0 saturated heterocycles. The van der Waals surface area contributed by atoms with Gasteiger partial charge >= 0.3 is 17.9 Å². The van der Waals surface area contributed by atoms with Crippen molar-refractivity contribution in [3.05, 3.63) is 0 Å². The van der Waals surface area contributed by atoms with Gasteiger partial charge < -0.3 is 14.2 Å². The molecular formula is C10H14O6. The quantitative estimate of drug-likeness (QED) is 0.383. The second-order valence-corrected chi connectivity index (χ2v) is 3.69. The predicted octanol–water partition coefficient (Wildman–Crippen LogP) is -0.0982. The Labute approximate surface area is 92.8 Å². The van der Waals surface area contributed by atoms with Gasteiger partial charge in [-0.1, -0.05) is 0 Å². The molecule has 16 heavy (non-hydrogen) atoms. The van der Waals surface area contributed by atoms with Crippen LogP contribution in [-0.2, 0) is 28.6 Å². The van der Waals surface area contributed by atoms with Crippen LogP contribution in [0.1, 0.15) is 12.8 Å². The van der Waals surface area contributed by atoms with Crippen molar-refractivity contribution in [3.63, 3.8) is 0 Å². The van der Waals surface area contributed by atoms with Crippen LogP contribution in [0.2, 0.25) is 0 Å². The molecule has 1 aliphatic rings. The second kappa shape index (κ2) is 4.51. The average Bonchev–Trinajstić information content (AvgIpc) is 2.26. The van der Waals surface area contributed by atoms with Gasteiger partial charge in [-0.05, 0) is 12.8 Å². The van der Waals surface area contributed by atoms with E-state index >= 15 is 0 Å². The number of ether oxygens (including phenoxy) is 3. The lowest BCUT2D eigenvalue weighted by atomic mass is 9.62. The highest BCUT2D eigenvalue weighted by atomic mass is 16.5. The van der Waals surface area contributed by atoms with Crippen LogP contribution < -0.4 is 0 Å². The van der Waals surface area contributed by atoms with E-state index in [1.807, 2.05) is 0 Å². The summed E-state index contributed by atoms with van der Waals surface area (Å²) in [7, 11) is 3.65. The van der Waals surface area contributed by atoms with E-state index in [2.05, 4.69) is 14.2 Å². The monoisotopic (exact) mass is 230 g/mol. The van der Waals surface area contributed by atoms with Crippen molar-refractivity contribution in [2.75, 3.05) is 21.3 Å². The van der Waals surface area contributed by atoms with Gasteiger partial charge in [0.15, 0.2) is 5.41 Å². The summed E-state index contributed by atoms with van der Waals surface area (Å²) in [5, 5.41) is 0. The Morgan fingerprint density at radius 2 is 1.38 bits per heavy atom. The molecule has 0 unspecified atom stereocenters. The van der Waals surface area contributed by atoms with Crippen molar-refractivity contribution < 1.29 is 28.6 Å². The van der Waals surface area contributed by atoms with Gasteiger partial charge in [0.25, 0.3) is 0 Å². The van der Waals surface area contributed by atoms with Crippen LogP contribution in [0.4, 0.5) is 0 Å². The largest absolute Gasteiger partial charge is 0.469 e. The first kappa shape index (κ1) is 12.5. The van der Waals surface area contributed by atoms with Crippen LogP contribution in [0, 0.1) is 11.3 Å². The fourth-order valence-electron chi connectivity index (χ4n) is 1.92. The topological polar surface area (TPSA) is 78.9 Å². The SMILES string of the molecule is COC(=O)C1CC(C(=O)OC)(C(=O)OC)C1. The van der Waals surface area contributed by atoms with Crippen LogP contribution in [0.3, 0.4) is 0 Å². The minimum Gasteiger partial charge on any atom is -0.469 e. The van der Waals surface area contributed by atoms with Crippen LogP contribution in [-0.4, -0.2) is 39.2 Å². The van der Waals surface area contributed by atoms with E-state index < -0.39 is 29.2 Å². The average molecular weight is 230 g/mol. The van der Waals surface area contributed by atoms with Crippen molar-refractivity contribution in [1.29, 1.82) is 0 Å². The van der Waals surface area contributed by atoms with E-state index in [1.54, 1.807) is 0 Å². The maximum absolute atomic E-state index is 11.5. The standard InChI is InChI=1S/C10H14O6/c1-14-7(11)6-4-10(5-6,8(12)15-2)9(13)16-3/h6H,4-5H2,1-3H3. The molecule has 0 radical (unpaired) electrons. The molecule has 0 aromatic carbocycles. The molecule has 0 aliphatic heterocycles. The number of carbonyl (C=O) groups is 3. The van der Waals surface area contributed by atoms with Gasteiger partial charge in [0, 0.05) is 0 Å². The van der Waals surface area contributed by atoms with Gasteiger partial charge in [-0.2, -0.15) is 0 Å². The highest BCUT2D eigenvalue weighted by Crippen LogP contribution is 2.48. The Hall–Kier alpha value is -1.59. The maximum Gasteiger partial charge on any atom is 0.323 e. The van der Waals surface area contributed by atoms with E-state index in [1.165, 1.54) is 21.3 Å². The third-order valence-electron chi connectivity index (χ3n) is 2.88. The fourth-order valence-corrected chi connectivity index (χ4v) is 1.92. The normalized spacial score (nSPS) is 18.2. The lowest BCUT2D eigenvalue weighted by Gasteiger charge is -2.40. The van der Waals surface area contributed by atoms with Crippen LogP contribution in [0.5, 0.6) is 0 Å². The van der Waals surface area contributed by atoms with Crippen LogP contribution in [0.15, 0.2) is 0 Å². The zero-order valence-electron chi connectivity index (χ0n) is 9.44. The zero-order chi connectivity index (χ0) is 12.3. The van der Waals surface area contributed by atoms with Crippen molar-refractivity contribution in [2.24, 2.45) is 11.3 Å². The molecule has 1 rings (SSSR count). The minimum absolute atomic E-state index is 0.0824. The highest BCUT2D eigenvalue weighted by molar-refractivity contribution is 6.02. The van der Waals surface area contributed by atoms with Gasteiger partial charge in [0.05, 0.1) is 27.2 Å². The molecule has 1 saturated carbocycles. The Balaban J connectivity index is 2.77. The van der Waals surface area contributed by atoms with Gasteiger partial charge in [0.1, 0.15) is 0 Å². The first-order valence-electron chi connectivity index (χ1n) is 4.76. The molecule has 1 fully saturated rings. The molecule has 0 heterocycles. The molecule has 0 atom stereocenters. The summed E-state index contributed by atoms with van der Waals surface area (Å²) in [4.78, 5) is 34.2. The smallest absolute Gasteiger partial charge is 0.323 e. The summed E-state index contributed by atoms with van der Waals surface area (Å²) in [6.45, 7) is 0. The number of esters is 3. The molecule has 0 N–H and O–H groups in total. The zero-order valence-corrected chi connectivity index (χ0v) is 9.44. The summed E-state index contributed by atoms with van der Waals surface area (Å²) in [5.74, 6) is -2.20. The molecule has 0 amide bonds. The molecule has 90 valence electrons. The summed E-state index contributed by atoms with van der Waals surface area (Å²) in [6, 6.07) is 0. The fraction of sp³-hybridized carbons (Fsp3) is 0.700. The number of rotatable bonds is 3. The molecule has 0 spiro atoms. The summed E-state index contributed by atoms with van der Waals surface area (Å²) >= 11 is 0. The Morgan fingerprint density at radius 3 is 1.69 bits per heavy atom. The highest BCUT2D eigenvalue weighted by Gasteiger charge is 2.60. The maximum atomic E-state index is 11.5. The van der Waals surface area contributed by atoms with E-state index in [0.717, 1.165) is 0 Å². The number of hydrogen-bond acceptors (Lipinski definition) is 6. The molecular weight excluding hydrogens is 216 g/mol. The minimum atomic E-state index is -1.33. The Bertz CT molecular complexity index is 297.